The molecule has 0 radical (unpaired) electrons. The number of nitrogens with one attached hydrogen (secondary N) is 1. The predicted octanol–water partition coefficient (Wildman–Crippen LogP) is 2.66. The largest absolute Gasteiger partial charge is 0.421 e. The number of nitrogens with zero attached hydrogens (tertiary/aromatic N) is 2. The van der Waals surface area contributed by atoms with E-state index in [1.807, 2.05) is 0 Å². The van der Waals surface area contributed by atoms with Crippen LogP contribution in [0.5, 0.6) is 0 Å². The number of rotatable bonds is 4. The molecule has 0 bridgehead atoms. The quantitative estimate of drug-likeness (QED) is 0.879. The number of halogens is 4. The summed E-state index contributed by atoms with van der Waals surface area (Å²) in [6.07, 6.45) is -4.15. The van der Waals surface area contributed by atoms with Crippen LogP contribution in [0.4, 0.5) is 17.6 Å². The molecule has 0 aliphatic heterocycles. The van der Waals surface area contributed by atoms with Crippen molar-refractivity contribution in [2.24, 2.45) is 0 Å². The van der Waals surface area contributed by atoms with Crippen LogP contribution in [0.1, 0.15) is 11.5 Å². The van der Waals surface area contributed by atoms with Gasteiger partial charge in [-0.3, -0.25) is 0 Å². The van der Waals surface area contributed by atoms with Gasteiger partial charge < -0.3 is 9.73 Å². The molecule has 0 atom stereocenters. The number of hydrogen-bond donors (Lipinski definition) is 1. The summed E-state index contributed by atoms with van der Waals surface area (Å²) >= 11 is 0. The fourth-order valence-corrected chi connectivity index (χ4v) is 1.56. The summed E-state index contributed by atoms with van der Waals surface area (Å²) in [4.78, 5) is 0. The lowest BCUT2D eigenvalue weighted by Crippen LogP contribution is -2.10. The Labute approximate surface area is 111 Å². The van der Waals surface area contributed by atoms with E-state index in [-0.39, 0.29) is 17.3 Å². The summed E-state index contributed by atoms with van der Waals surface area (Å²) in [5.41, 5.74) is -1.33. The van der Waals surface area contributed by atoms with E-state index in [4.69, 9.17) is 4.42 Å². The molecule has 108 valence electrons. The first-order valence-corrected chi connectivity index (χ1v) is 5.76. The summed E-state index contributed by atoms with van der Waals surface area (Å²) in [6, 6.07) is 2.05. The number of likely N-dealkylation sites (N-methyl/N-ethyl adjacent to an activating group) is 1. The molecule has 1 heterocycles. The first-order chi connectivity index (χ1) is 9.41. The van der Waals surface area contributed by atoms with Crippen LogP contribution in [0, 0.1) is 5.82 Å². The van der Waals surface area contributed by atoms with E-state index in [1.165, 1.54) is 0 Å². The third kappa shape index (κ3) is 3.13. The Kier molecular flexibility index (Phi) is 4.03. The van der Waals surface area contributed by atoms with Crippen molar-refractivity contribution < 1.29 is 22.0 Å². The Balaban J connectivity index is 2.34. The van der Waals surface area contributed by atoms with Gasteiger partial charge in [-0.25, -0.2) is 4.39 Å². The maximum absolute atomic E-state index is 13.6. The van der Waals surface area contributed by atoms with Gasteiger partial charge in [0.1, 0.15) is 5.82 Å². The number of benzene rings is 1. The van der Waals surface area contributed by atoms with Gasteiger partial charge in [0.15, 0.2) is 0 Å². The fourth-order valence-electron chi connectivity index (χ4n) is 1.56. The minimum Gasteiger partial charge on any atom is -0.421 e. The molecule has 2 aromatic rings. The highest BCUT2D eigenvalue weighted by Crippen LogP contribution is 2.33. The first kappa shape index (κ1) is 14.4. The Hall–Kier alpha value is -1.96. The highest BCUT2D eigenvalue weighted by atomic mass is 19.4. The van der Waals surface area contributed by atoms with E-state index >= 15 is 0 Å². The molecule has 0 fully saturated rings. The lowest BCUT2D eigenvalue weighted by molar-refractivity contribution is -0.137. The van der Waals surface area contributed by atoms with Crippen LogP contribution in [0.2, 0.25) is 0 Å². The molecule has 0 aliphatic carbocycles. The van der Waals surface area contributed by atoms with Crippen molar-refractivity contribution >= 4 is 0 Å². The normalized spacial score (nSPS) is 11.8. The second-order valence-electron chi connectivity index (χ2n) is 4.05. The van der Waals surface area contributed by atoms with Crippen molar-refractivity contribution in [3.63, 3.8) is 0 Å². The van der Waals surface area contributed by atoms with Crippen LogP contribution >= 0.6 is 0 Å². The van der Waals surface area contributed by atoms with E-state index in [0.29, 0.717) is 25.1 Å². The Morgan fingerprint density at radius 1 is 1.25 bits per heavy atom. The van der Waals surface area contributed by atoms with Crippen molar-refractivity contribution in [2.45, 2.75) is 12.6 Å². The van der Waals surface area contributed by atoms with Gasteiger partial charge in [-0.05, 0) is 25.2 Å². The molecule has 20 heavy (non-hydrogen) atoms. The van der Waals surface area contributed by atoms with E-state index in [2.05, 4.69) is 15.5 Å². The molecule has 0 amide bonds. The van der Waals surface area contributed by atoms with Gasteiger partial charge in [0.25, 0.3) is 5.89 Å². The molecule has 1 aromatic carbocycles. The summed E-state index contributed by atoms with van der Waals surface area (Å²) in [5.74, 6) is -0.882. The van der Waals surface area contributed by atoms with Gasteiger partial charge in [-0.1, -0.05) is 0 Å². The van der Waals surface area contributed by atoms with Gasteiger partial charge in [-0.2, -0.15) is 13.2 Å². The lowest BCUT2D eigenvalue weighted by Gasteiger charge is -2.07. The van der Waals surface area contributed by atoms with Crippen molar-refractivity contribution in [1.82, 2.24) is 15.5 Å². The summed E-state index contributed by atoms with van der Waals surface area (Å²) in [7, 11) is 1.73. The van der Waals surface area contributed by atoms with Crippen LogP contribution in [0.3, 0.4) is 0 Å². The van der Waals surface area contributed by atoms with Gasteiger partial charge in [-0.15, -0.1) is 10.2 Å². The highest BCUT2D eigenvalue weighted by Gasteiger charge is 2.31. The van der Waals surface area contributed by atoms with Crippen LogP contribution in [0.25, 0.3) is 11.5 Å². The SMILES string of the molecule is CNCCc1nnc(-c2cc(C(F)(F)F)ccc2F)o1. The minimum atomic E-state index is -4.56. The third-order valence-electron chi connectivity index (χ3n) is 2.58. The number of hydrogen-bond acceptors (Lipinski definition) is 4. The van der Waals surface area contributed by atoms with E-state index < -0.39 is 17.6 Å². The minimum absolute atomic E-state index is 0.228. The van der Waals surface area contributed by atoms with Crippen molar-refractivity contribution in [2.75, 3.05) is 13.6 Å². The number of alkyl halides is 3. The van der Waals surface area contributed by atoms with Crippen LogP contribution in [-0.4, -0.2) is 23.8 Å². The molecular weight excluding hydrogens is 278 g/mol. The van der Waals surface area contributed by atoms with Gasteiger partial charge in [0.2, 0.25) is 5.89 Å². The second-order valence-corrected chi connectivity index (χ2v) is 4.05. The smallest absolute Gasteiger partial charge is 0.416 e. The van der Waals surface area contributed by atoms with Crippen LogP contribution in [-0.2, 0) is 12.6 Å². The molecule has 1 aromatic heterocycles. The fraction of sp³-hybridized carbons (Fsp3) is 0.333. The Morgan fingerprint density at radius 2 is 2.00 bits per heavy atom. The topological polar surface area (TPSA) is 51.0 Å². The summed E-state index contributed by atoms with van der Waals surface area (Å²) in [6.45, 7) is 0.562. The maximum Gasteiger partial charge on any atom is 0.416 e. The monoisotopic (exact) mass is 289 g/mol. The zero-order valence-corrected chi connectivity index (χ0v) is 10.5. The zero-order chi connectivity index (χ0) is 14.8. The lowest BCUT2D eigenvalue weighted by atomic mass is 10.1. The molecule has 0 aliphatic rings. The Morgan fingerprint density at radius 3 is 2.65 bits per heavy atom. The average molecular weight is 289 g/mol. The molecule has 2 rings (SSSR count). The standard InChI is InChI=1S/C12H11F4N3O/c1-17-5-4-10-18-19-11(20-10)8-6-7(12(14,15)16)2-3-9(8)13/h2-3,6,17H,4-5H2,1H3. The molecular formula is C12H11F4N3O. The van der Waals surface area contributed by atoms with Crippen LogP contribution in [0.15, 0.2) is 22.6 Å². The maximum atomic E-state index is 13.6. The highest BCUT2D eigenvalue weighted by molar-refractivity contribution is 5.55. The van der Waals surface area contributed by atoms with E-state index in [1.54, 1.807) is 7.05 Å². The molecule has 0 spiro atoms. The average Bonchev–Trinajstić information content (AvgIpc) is 2.84. The van der Waals surface area contributed by atoms with Gasteiger partial charge in [0, 0.05) is 13.0 Å². The van der Waals surface area contributed by atoms with Crippen LogP contribution < -0.4 is 5.32 Å². The van der Waals surface area contributed by atoms with Crippen molar-refractivity contribution in [3.8, 4) is 11.5 Å². The first-order valence-electron chi connectivity index (χ1n) is 5.76. The Bertz CT molecular complexity index is 595. The second kappa shape index (κ2) is 5.58. The van der Waals surface area contributed by atoms with E-state index in [9.17, 15) is 17.6 Å². The van der Waals surface area contributed by atoms with Crippen molar-refractivity contribution in [3.05, 3.63) is 35.5 Å². The molecule has 1 N–H and O–H groups in total. The molecule has 0 saturated heterocycles. The van der Waals surface area contributed by atoms with E-state index in [0.717, 1.165) is 6.07 Å². The van der Waals surface area contributed by atoms with Crippen molar-refractivity contribution in [1.29, 1.82) is 0 Å². The summed E-state index contributed by atoms with van der Waals surface area (Å²) in [5, 5.41) is 10.1. The number of aromatic nitrogens is 2. The molecule has 0 saturated carbocycles. The molecule has 8 heteroatoms. The van der Waals surface area contributed by atoms with Gasteiger partial charge in [0.05, 0.1) is 11.1 Å². The summed E-state index contributed by atoms with van der Waals surface area (Å²) < 4.78 is 56.5. The third-order valence-corrected chi connectivity index (χ3v) is 2.58. The zero-order valence-electron chi connectivity index (χ0n) is 10.5. The molecule has 4 nitrogen and oxygen atoms in total. The van der Waals surface area contributed by atoms with Gasteiger partial charge >= 0.3 is 6.18 Å². The predicted molar refractivity (Wildman–Crippen MR) is 62.3 cm³/mol. The molecule has 0 unspecified atom stereocenters.